The number of benzene rings is 1. The SMILES string of the molecule is Cc1cccc(-n2nc(-c3ccsc3)c3c2NCC3)c1. The van der Waals surface area contributed by atoms with E-state index >= 15 is 0 Å². The van der Waals surface area contributed by atoms with Crippen molar-refractivity contribution in [2.45, 2.75) is 13.3 Å². The molecule has 3 aromatic rings. The van der Waals surface area contributed by atoms with Gasteiger partial charge in [0.25, 0.3) is 0 Å². The molecule has 0 radical (unpaired) electrons. The largest absolute Gasteiger partial charge is 0.369 e. The average molecular weight is 281 g/mol. The molecule has 3 nitrogen and oxygen atoms in total. The normalized spacial score (nSPS) is 13.2. The smallest absolute Gasteiger partial charge is 0.133 e. The summed E-state index contributed by atoms with van der Waals surface area (Å²) in [6.07, 6.45) is 1.05. The topological polar surface area (TPSA) is 29.9 Å². The zero-order valence-electron chi connectivity index (χ0n) is 11.3. The van der Waals surface area contributed by atoms with Gasteiger partial charge < -0.3 is 5.32 Å². The van der Waals surface area contributed by atoms with Crippen molar-refractivity contribution in [1.82, 2.24) is 9.78 Å². The highest BCUT2D eigenvalue weighted by molar-refractivity contribution is 7.08. The molecule has 0 fully saturated rings. The first-order valence-electron chi connectivity index (χ1n) is 6.78. The molecule has 20 heavy (non-hydrogen) atoms. The number of anilines is 1. The minimum Gasteiger partial charge on any atom is -0.369 e. The Morgan fingerprint density at radius 2 is 2.25 bits per heavy atom. The number of aromatic nitrogens is 2. The van der Waals surface area contributed by atoms with Crippen molar-refractivity contribution < 1.29 is 0 Å². The van der Waals surface area contributed by atoms with Crippen molar-refractivity contribution >= 4 is 17.2 Å². The van der Waals surface area contributed by atoms with Crippen LogP contribution in [0.25, 0.3) is 16.9 Å². The van der Waals surface area contributed by atoms with Crippen LogP contribution in [-0.4, -0.2) is 16.3 Å². The zero-order chi connectivity index (χ0) is 13.5. The molecule has 4 heteroatoms. The fourth-order valence-electron chi connectivity index (χ4n) is 2.75. The van der Waals surface area contributed by atoms with E-state index in [1.165, 1.54) is 16.7 Å². The number of hydrogen-bond donors (Lipinski definition) is 1. The molecule has 100 valence electrons. The van der Waals surface area contributed by atoms with Crippen LogP contribution in [0.3, 0.4) is 0 Å². The van der Waals surface area contributed by atoms with Gasteiger partial charge in [0.2, 0.25) is 0 Å². The van der Waals surface area contributed by atoms with Crippen molar-refractivity contribution in [2.24, 2.45) is 0 Å². The summed E-state index contributed by atoms with van der Waals surface area (Å²) < 4.78 is 2.04. The highest BCUT2D eigenvalue weighted by atomic mass is 32.1. The fourth-order valence-corrected chi connectivity index (χ4v) is 3.39. The van der Waals surface area contributed by atoms with Gasteiger partial charge in [0, 0.05) is 23.1 Å². The second kappa shape index (κ2) is 4.49. The molecule has 1 aliphatic heterocycles. The molecule has 0 bridgehead atoms. The Labute approximate surface area is 121 Å². The fraction of sp³-hybridized carbons (Fsp3) is 0.188. The molecule has 1 aliphatic rings. The monoisotopic (exact) mass is 281 g/mol. The van der Waals surface area contributed by atoms with Gasteiger partial charge in [0.1, 0.15) is 5.82 Å². The predicted octanol–water partition coefficient (Wildman–Crippen LogP) is 3.88. The standard InChI is InChI=1S/C16H15N3S/c1-11-3-2-4-13(9-11)19-16-14(5-7-17-16)15(18-19)12-6-8-20-10-12/h2-4,6,8-10,17H,5,7H2,1H3. The van der Waals surface area contributed by atoms with Crippen LogP contribution < -0.4 is 5.32 Å². The Balaban J connectivity index is 1.92. The van der Waals surface area contributed by atoms with Gasteiger partial charge in [-0.15, -0.1) is 0 Å². The van der Waals surface area contributed by atoms with Crippen molar-refractivity contribution in [3.63, 3.8) is 0 Å². The van der Waals surface area contributed by atoms with Crippen molar-refractivity contribution in [1.29, 1.82) is 0 Å². The average Bonchev–Trinajstić information content (AvgIpc) is 3.15. The van der Waals surface area contributed by atoms with E-state index in [9.17, 15) is 0 Å². The van der Waals surface area contributed by atoms with E-state index in [1.54, 1.807) is 11.3 Å². The van der Waals surface area contributed by atoms with Crippen LogP contribution in [0.2, 0.25) is 0 Å². The van der Waals surface area contributed by atoms with Gasteiger partial charge in [-0.2, -0.15) is 16.4 Å². The van der Waals surface area contributed by atoms with Crippen LogP contribution in [0.4, 0.5) is 5.82 Å². The van der Waals surface area contributed by atoms with Gasteiger partial charge in [-0.25, -0.2) is 4.68 Å². The number of thiophene rings is 1. The van der Waals surface area contributed by atoms with Gasteiger partial charge in [-0.05, 0) is 42.5 Å². The molecule has 0 saturated carbocycles. The van der Waals surface area contributed by atoms with E-state index in [0.29, 0.717) is 0 Å². The number of hydrogen-bond acceptors (Lipinski definition) is 3. The maximum absolute atomic E-state index is 4.85. The first-order chi connectivity index (χ1) is 9.83. The second-order valence-corrected chi connectivity index (χ2v) is 5.90. The van der Waals surface area contributed by atoms with E-state index < -0.39 is 0 Å². The molecule has 0 atom stereocenters. The molecule has 0 unspecified atom stereocenters. The highest BCUT2D eigenvalue weighted by Gasteiger charge is 2.23. The summed E-state index contributed by atoms with van der Waals surface area (Å²) in [6.45, 7) is 3.11. The Morgan fingerprint density at radius 1 is 1.30 bits per heavy atom. The summed E-state index contributed by atoms with van der Waals surface area (Å²) in [5.74, 6) is 1.15. The first-order valence-corrected chi connectivity index (χ1v) is 7.72. The lowest BCUT2D eigenvalue weighted by Crippen LogP contribution is -2.04. The van der Waals surface area contributed by atoms with Crippen LogP contribution in [0.5, 0.6) is 0 Å². The summed E-state index contributed by atoms with van der Waals surface area (Å²) in [5, 5.41) is 12.6. The zero-order valence-corrected chi connectivity index (χ0v) is 12.1. The van der Waals surface area contributed by atoms with Gasteiger partial charge >= 0.3 is 0 Å². The summed E-state index contributed by atoms with van der Waals surface area (Å²) >= 11 is 1.72. The maximum Gasteiger partial charge on any atom is 0.133 e. The molecule has 0 amide bonds. The molecular weight excluding hydrogens is 266 g/mol. The third-order valence-corrected chi connectivity index (χ3v) is 4.38. The first kappa shape index (κ1) is 11.7. The van der Waals surface area contributed by atoms with Crippen LogP contribution in [-0.2, 0) is 6.42 Å². The number of rotatable bonds is 2. The summed E-state index contributed by atoms with van der Waals surface area (Å²) in [5.41, 5.74) is 6.05. The number of nitrogens with zero attached hydrogens (tertiary/aromatic N) is 2. The van der Waals surface area contributed by atoms with Crippen molar-refractivity contribution in [2.75, 3.05) is 11.9 Å². The molecule has 0 aliphatic carbocycles. The highest BCUT2D eigenvalue weighted by Crippen LogP contribution is 2.35. The van der Waals surface area contributed by atoms with Gasteiger partial charge in [0.15, 0.2) is 0 Å². The second-order valence-electron chi connectivity index (χ2n) is 5.12. The van der Waals surface area contributed by atoms with E-state index in [0.717, 1.165) is 30.2 Å². The summed E-state index contributed by atoms with van der Waals surface area (Å²) in [4.78, 5) is 0. The Kier molecular flexibility index (Phi) is 2.63. The molecule has 3 heterocycles. The molecule has 4 rings (SSSR count). The van der Waals surface area contributed by atoms with Crippen LogP contribution >= 0.6 is 11.3 Å². The Bertz CT molecular complexity index is 756. The van der Waals surface area contributed by atoms with Gasteiger partial charge in [0.05, 0.1) is 11.4 Å². The van der Waals surface area contributed by atoms with Crippen LogP contribution in [0, 0.1) is 6.92 Å². The summed E-state index contributed by atoms with van der Waals surface area (Å²) in [7, 11) is 0. The van der Waals surface area contributed by atoms with Crippen molar-refractivity contribution in [3.8, 4) is 16.9 Å². The lowest BCUT2D eigenvalue weighted by Gasteiger charge is -2.06. The quantitative estimate of drug-likeness (QED) is 0.772. The third-order valence-electron chi connectivity index (χ3n) is 3.69. The van der Waals surface area contributed by atoms with E-state index in [-0.39, 0.29) is 0 Å². The van der Waals surface area contributed by atoms with Crippen LogP contribution in [0.15, 0.2) is 41.1 Å². The third kappa shape index (κ3) is 1.76. The van der Waals surface area contributed by atoms with E-state index in [2.05, 4.69) is 53.3 Å². The number of fused-ring (bicyclic) bond motifs is 1. The Hall–Kier alpha value is -2.07. The lowest BCUT2D eigenvalue weighted by molar-refractivity contribution is 0.881. The van der Waals surface area contributed by atoms with Gasteiger partial charge in [-0.1, -0.05) is 12.1 Å². The molecule has 2 aromatic heterocycles. The molecule has 0 spiro atoms. The van der Waals surface area contributed by atoms with Crippen molar-refractivity contribution in [3.05, 3.63) is 52.2 Å². The lowest BCUT2D eigenvalue weighted by atomic mass is 10.1. The molecule has 0 saturated heterocycles. The molecular formula is C16H15N3S. The molecule has 1 N–H and O–H groups in total. The number of aryl methyl sites for hydroxylation is 1. The number of nitrogens with one attached hydrogen (secondary N) is 1. The molecule has 1 aromatic carbocycles. The van der Waals surface area contributed by atoms with E-state index in [4.69, 9.17) is 5.10 Å². The maximum atomic E-state index is 4.85. The Morgan fingerprint density at radius 3 is 3.05 bits per heavy atom. The van der Waals surface area contributed by atoms with E-state index in [1.807, 2.05) is 4.68 Å². The minimum atomic E-state index is 0.996. The van der Waals surface area contributed by atoms with Gasteiger partial charge in [-0.3, -0.25) is 0 Å². The summed E-state index contributed by atoms with van der Waals surface area (Å²) in [6, 6.07) is 10.6. The minimum absolute atomic E-state index is 0.996. The van der Waals surface area contributed by atoms with Crippen LogP contribution in [0.1, 0.15) is 11.1 Å². The predicted molar refractivity (Wildman–Crippen MR) is 83.8 cm³/mol.